The summed E-state index contributed by atoms with van der Waals surface area (Å²) in [6.07, 6.45) is 2.63. The molecule has 0 bridgehead atoms. The minimum absolute atomic E-state index is 0.0500. The van der Waals surface area contributed by atoms with E-state index in [1.807, 2.05) is 6.07 Å². The molecule has 1 aliphatic heterocycles. The Bertz CT molecular complexity index is 478. The number of piperidine rings is 1. The van der Waals surface area contributed by atoms with E-state index in [-0.39, 0.29) is 11.5 Å². The zero-order valence-electron chi connectivity index (χ0n) is 11.7. The number of rotatable bonds is 1. The highest BCUT2D eigenvalue weighted by Gasteiger charge is 2.47. The van der Waals surface area contributed by atoms with Crippen LogP contribution in [0, 0.1) is 0 Å². The molecule has 1 saturated heterocycles. The summed E-state index contributed by atoms with van der Waals surface area (Å²) in [5, 5.41) is 11.4. The maximum Gasteiger partial charge on any atom is 0.0678 e. The van der Waals surface area contributed by atoms with Gasteiger partial charge in [-0.3, -0.25) is 0 Å². The summed E-state index contributed by atoms with van der Waals surface area (Å²) in [7, 11) is 0. The second kappa shape index (κ2) is 4.76. The number of fused-ring (bicyclic) bond motifs is 2. The van der Waals surface area contributed by atoms with Gasteiger partial charge in [-0.25, -0.2) is 0 Å². The molecule has 104 valence electrons. The van der Waals surface area contributed by atoms with Crippen LogP contribution < -0.4 is 0 Å². The normalized spacial score (nSPS) is 26.1. The quantitative estimate of drug-likeness (QED) is 0.854. The van der Waals surface area contributed by atoms with Crippen LogP contribution in [-0.4, -0.2) is 35.2 Å². The minimum atomic E-state index is -0.240. The zero-order valence-corrected chi connectivity index (χ0v) is 12.5. The van der Waals surface area contributed by atoms with Crippen molar-refractivity contribution in [1.82, 2.24) is 4.90 Å². The summed E-state index contributed by atoms with van der Waals surface area (Å²) >= 11 is 6.16. The van der Waals surface area contributed by atoms with Gasteiger partial charge in [-0.2, -0.15) is 0 Å². The Morgan fingerprint density at radius 2 is 2.00 bits per heavy atom. The number of aliphatic hydroxyl groups is 1. The fourth-order valence-corrected chi connectivity index (χ4v) is 3.99. The number of hydrogen-bond acceptors (Lipinski definition) is 2. The number of halogens is 1. The summed E-state index contributed by atoms with van der Waals surface area (Å²) in [5.41, 5.74) is 2.54. The Morgan fingerprint density at radius 1 is 1.32 bits per heavy atom. The van der Waals surface area contributed by atoms with E-state index in [1.165, 1.54) is 11.1 Å². The van der Waals surface area contributed by atoms with Gasteiger partial charge < -0.3 is 10.0 Å². The molecule has 0 saturated carbocycles. The highest BCUT2D eigenvalue weighted by molar-refractivity contribution is 6.30. The van der Waals surface area contributed by atoms with Gasteiger partial charge in [0.05, 0.1) is 6.10 Å². The first kappa shape index (κ1) is 13.4. The SMILES string of the molecule is CC(C)N1CCC2(CC1)c1cc(Cl)ccc1CC2O. The molecule has 0 aromatic heterocycles. The van der Waals surface area contributed by atoms with Gasteiger partial charge in [-0.05, 0) is 69.5 Å². The van der Waals surface area contributed by atoms with Crippen LogP contribution in [0.2, 0.25) is 5.02 Å². The molecule has 0 amide bonds. The fourth-order valence-electron chi connectivity index (χ4n) is 3.82. The van der Waals surface area contributed by atoms with Gasteiger partial charge in [0.2, 0.25) is 0 Å². The minimum Gasteiger partial charge on any atom is -0.392 e. The summed E-state index contributed by atoms with van der Waals surface area (Å²) in [6.45, 7) is 6.63. The largest absolute Gasteiger partial charge is 0.392 e. The van der Waals surface area contributed by atoms with Crippen LogP contribution in [0.15, 0.2) is 18.2 Å². The van der Waals surface area contributed by atoms with Crippen LogP contribution in [0.1, 0.15) is 37.8 Å². The van der Waals surface area contributed by atoms with Crippen molar-refractivity contribution in [3.05, 3.63) is 34.3 Å². The molecule has 1 atom stereocenters. The Kier molecular flexibility index (Phi) is 3.36. The Hall–Kier alpha value is -0.570. The van der Waals surface area contributed by atoms with Gasteiger partial charge in [-0.15, -0.1) is 0 Å². The van der Waals surface area contributed by atoms with E-state index in [0.29, 0.717) is 6.04 Å². The molecule has 2 nitrogen and oxygen atoms in total. The highest BCUT2D eigenvalue weighted by atomic mass is 35.5. The predicted octanol–water partition coefficient (Wildman–Crippen LogP) is 3.00. The number of benzene rings is 1. The van der Waals surface area contributed by atoms with Crippen molar-refractivity contribution < 1.29 is 5.11 Å². The van der Waals surface area contributed by atoms with Crippen molar-refractivity contribution >= 4 is 11.6 Å². The summed E-state index contributed by atoms with van der Waals surface area (Å²) in [6, 6.07) is 6.70. The van der Waals surface area contributed by atoms with E-state index < -0.39 is 0 Å². The van der Waals surface area contributed by atoms with E-state index in [9.17, 15) is 5.11 Å². The lowest BCUT2D eigenvalue weighted by molar-refractivity contribution is 0.0350. The van der Waals surface area contributed by atoms with Crippen molar-refractivity contribution in [2.24, 2.45) is 0 Å². The van der Waals surface area contributed by atoms with Crippen molar-refractivity contribution in [2.75, 3.05) is 13.1 Å². The smallest absolute Gasteiger partial charge is 0.0678 e. The number of nitrogens with zero attached hydrogens (tertiary/aromatic N) is 1. The Labute approximate surface area is 120 Å². The first-order valence-electron chi connectivity index (χ1n) is 7.24. The predicted molar refractivity (Wildman–Crippen MR) is 78.8 cm³/mol. The topological polar surface area (TPSA) is 23.5 Å². The number of aliphatic hydroxyl groups excluding tert-OH is 1. The van der Waals surface area contributed by atoms with Gasteiger partial charge in [0, 0.05) is 16.5 Å². The molecular formula is C16H22ClNO. The van der Waals surface area contributed by atoms with Gasteiger partial charge >= 0.3 is 0 Å². The maximum absolute atomic E-state index is 10.6. The van der Waals surface area contributed by atoms with E-state index in [2.05, 4.69) is 30.9 Å². The first-order chi connectivity index (χ1) is 9.03. The lowest BCUT2D eigenvalue weighted by Gasteiger charge is -2.43. The maximum atomic E-state index is 10.6. The molecular weight excluding hydrogens is 258 g/mol. The van der Waals surface area contributed by atoms with Crippen LogP contribution in [0.5, 0.6) is 0 Å². The molecule has 1 aliphatic carbocycles. The summed E-state index contributed by atoms with van der Waals surface area (Å²) in [4.78, 5) is 2.50. The highest BCUT2D eigenvalue weighted by Crippen LogP contribution is 2.47. The average molecular weight is 280 g/mol. The fraction of sp³-hybridized carbons (Fsp3) is 0.625. The lowest BCUT2D eigenvalue weighted by atomic mass is 9.72. The third-order valence-corrected chi connectivity index (χ3v) is 5.32. The molecule has 19 heavy (non-hydrogen) atoms. The second-order valence-corrected chi connectivity index (χ2v) is 6.74. The van der Waals surface area contributed by atoms with Gasteiger partial charge in [0.1, 0.15) is 0 Å². The second-order valence-electron chi connectivity index (χ2n) is 6.31. The van der Waals surface area contributed by atoms with Gasteiger partial charge in [0.25, 0.3) is 0 Å². The molecule has 1 heterocycles. The van der Waals surface area contributed by atoms with E-state index in [4.69, 9.17) is 11.6 Å². The Morgan fingerprint density at radius 3 is 2.63 bits per heavy atom. The van der Waals surface area contributed by atoms with Crippen molar-refractivity contribution in [1.29, 1.82) is 0 Å². The van der Waals surface area contributed by atoms with Crippen molar-refractivity contribution in [3.63, 3.8) is 0 Å². The van der Waals surface area contributed by atoms with Gasteiger partial charge in [-0.1, -0.05) is 17.7 Å². The van der Waals surface area contributed by atoms with E-state index in [1.54, 1.807) is 0 Å². The third-order valence-electron chi connectivity index (χ3n) is 5.08. The molecule has 1 N–H and O–H groups in total. The standard InChI is InChI=1S/C16H22ClNO/c1-11(2)18-7-5-16(6-8-18)14-10-13(17)4-3-12(14)9-15(16)19/h3-4,10-11,15,19H,5-9H2,1-2H3. The van der Waals surface area contributed by atoms with Crippen molar-refractivity contribution in [2.45, 2.75) is 50.7 Å². The van der Waals surface area contributed by atoms with Crippen molar-refractivity contribution in [3.8, 4) is 0 Å². The molecule has 1 aromatic carbocycles. The number of likely N-dealkylation sites (tertiary alicyclic amines) is 1. The lowest BCUT2D eigenvalue weighted by Crippen LogP contribution is -2.49. The molecule has 1 aromatic rings. The zero-order chi connectivity index (χ0) is 13.6. The molecule has 2 aliphatic rings. The monoisotopic (exact) mass is 279 g/mol. The third kappa shape index (κ3) is 2.10. The van der Waals surface area contributed by atoms with Crippen LogP contribution in [0.25, 0.3) is 0 Å². The molecule has 3 heteroatoms. The van der Waals surface area contributed by atoms with Crippen LogP contribution >= 0.6 is 11.6 Å². The van der Waals surface area contributed by atoms with E-state index in [0.717, 1.165) is 37.4 Å². The molecule has 1 unspecified atom stereocenters. The van der Waals surface area contributed by atoms with Crippen LogP contribution in [-0.2, 0) is 11.8 Å². The molecule has 0 radical (unpaired) electrons. The van der Waals surface area contributed by atoms with Crippen LogP contribution in [0.4, 0.5) is 0 Å². The Balaban J connectivity index is 1.92. The summed E-state index contributed by atoms with van der Waals surface area (Å²) in [5.74, 6) is 0. The summed E-state index contributed by atoms with van der Waals surface area (Å²) < 4.78 is 0. The van der Waals surface area contributed by atoms with Crippen LogP contribution in [0.3, 0.4) is 0 Å². The first-order valence-corrected chi connectivity index (χ1v) is 7.62. The number of hydrogen-bond donors (Lipinski definition) is 1. The van der Waals surface area contributed by atoms with E-state index >= 15 is 0 Å². The van der Waals surface area contributed by atoms with Gasteiger partial charge in [0.15, 0.2) is 0 Å². The molecule has 1 fully saturated rings. The molecule has 1 spiro atoms. The average Bonchev–Trinajstić information content (AvgIpc) is 2.64. The molecule has 3 rings (SSSR count).